The molecule has 0 spiro atoms. The van der Waals surface area contributed by atoms with Crippen LogP contribution in [-0.2, 0) is 17.8 Å². The van der Waals surface area contributed by atoms with Crippen LogP contribution in [-0.4, -0.2) is 52.0 Å². The fourth-order valence-corrected chi connectivity index (χ4v) is 4.01. The number of nitrogens with one attached hydrogen (secondary N) is 1. The Morgan fingerprint density at radius 1 is 1.03 bits per heavy atom. The normalized spacial score (nSPS) is 11.2. The molecule has 1 aromatic heterocycles. The Labute approximate surface area is 189 Å². The fourth-order valence-electron chi connectivity index (χ4n) is 4.01. The van der Waals surface area contributed by atoms with Gasteiger partial charge in [-0.05, 0) is 64.1 Å². The van der Waals surface area contributed by atoms with E-state index in [0.29, 0.717) is 24.3 Å². The van der Waals surface area contributed by atoms with Gasteiger partial charge >= 0.3 is 0 Å². The molecule has 2 aromatic carbocycles. The molecule has 0 radical (unpaired) electrons. The highest BCUT2D eigenvalue weighted by Gasteiger charge is 2.22. The molecule has 0 fully saturated rings. The number of hydrogen-bond donors (Lipinski definition) is 1. The Bertz CT molecular complexity index is 1060. The van der Waals surface area contributed by atoms with Crippen molar-refractivity contribution in [2.24, 2.45) is 0 Å². The highest BCUT2D eigenvalue weighted by Crippen LogP contribution is 2.18. The number of fused-ring (bicyclic) bond motifs is 1. The number of benzene rings is 2. The van der Waals surface area contributed by atoms with Gasteiger partial charge in [-0.25, -0.2) is 4.98 Å². The van der Waals surface area contributed by atoms with E-state index in [1.165, 1.54) is 0 Å². The molecule has 7 heteroatoms. The van der Waals surface area contributed by atoms with E-state index in [1.807, 2.05) is 61.4 Å². The number of ether oxygens (including phenoxy) is 1. The third kappa shape index (κ3) is 5.28. The Morgan fingerprint density at radius 2 is 1.69 bits per heavy atom. The predicted octanol–water partition coefficient (Wildman–Crippen LogP) is 3.66. The second-order valence-corrected chi connectivity index (χ2v) is 8.33. The van der Waals surface area contributed by atoms with Gasteiger partial charge in [0.2, 0.25) is 5.91 Å². The molecule has 0 atom stereocenters. The Hall–Kier alpha value is -3.35. The van der Waals surface area contributed by atoms with Crippen LogP contribution in [0.1, 0.15) is 43.9 Å². The zero-order valence-electron chi connectivity index (χ0n) is 19.5. The van der Waals surface area contributed by atoms with Crippen LogP contribution in [0.4, 0.5) is 0 Å². The minimum atomic E-state index is -0.155. The van der Waals surface area contributed by atoms with Crippen LogP contribution in [0.5, 0.6) is 5.75 Å². The third-order valence-corrected chi connectivity index (χ3v) is 5.41. The van der Waals surface area contributed by atoms with Crippen LogP contribution in [0, 0.1) is 0 Å². The quantitative estimate of drug-likeness (QED) is 0.555. The van der Waals surface area contributed by atoms with Crippen molar-refractivity contribution in [1.82, 2.24) is 19.8 Å². The first kappa shape index (κ1) is 23.3. The van der Waals surface area contributed by atoms with Gasteiger partial charge in [-0.15, -0.1) is 0 Å². The van der Waals surface area contributed by atoms with Crippen LogP contribution in [0.2, 0.25) is 0 Å². The zero-order valence-corrected chi connectivity index (χ0v) is 19.5. The lowest BCUT2D eigenvalue weighted by molar-refractivity contribution is -0.135. The summed E-state index contributed by atoms with van der Waals surface area (Å²) in [6.45, 7) is 8.75. The van der Waals surface area contributed by atoms with Gasteiger partial charge in [0.25, 0.3) is 5.91 Å². The number of aromatic nitrogens is 2. The maximum absolute atomic E-state index is 13.1. The number of rotatable bonds is 9. The van der Waals surface area contributed by atoms with E-state index < -0.39 is 0 Å². The first-order valence-electron chi connectivity index (χ1n) is 11.0. The lowest BCUT2D eigenvalue weighted by Gasteiger charge is -2.31. The van der Waals surface area contributed by atoms with Gasteiger partial charge in [-0.2, -0.15) is 0 Å². The smallest absolute Gasteiger partial charge is 0.251 e. The van der Waals surface area contributed by atoms with Gasteiger partial charge in [0.1, 0.15) is 18.1 Å². The van der Waals surface area contributed by atoms with Crippen LogP contribution in [0.25, 0.3) is 11.0 Å². The summed E-state index contributed by atoms with van der Waals surface area (Å²) < 4.78 is 7.10. The molecule has 0 aliphatic heterocycles. The van der Waals surface area contributed by atoms with Crippen LogP contribution in [0.15, 0.2) is 48.5 Å². The third-order valence-electron chi connectivity index (χ3n) is 5.41. The molecular formula is C25H32N4O3. The molecule has 0 aliphatic carbocycles. The lowest BCUT2D eigenvalue weighted by Crippen LogP contribution is -2.43. The molecular weight excluding hydrogens is 404 g/mol. The van der Waals surface area contributed by atoms with Gasteiger partial charge in [-0.3, -0.25) is 9.59 Å². The number of para-hydroxylation sites is 2. The Balaban J connectivity index is 1.75. The van der Waals surface area contributed by atoms with Crippen molar-refractivity contribution >= 4 is 22.8 Å². The molecule has 3 rings (SSSR count). The number of carbonyl (C=O) groups excluding carboxylic acids is 2. The van der Waals surface area contributed by atoms with E-state index in [0.717, 1.165) is 16.9 Å². The van der Waals surface area contributed by atoms with E-state index in [2.05, 4.69) is 5.32 Å². The van der Waals surface area contributed by atoms with E-state index in [1.54, 1.807) is 31.4 Å². The molecule has 0 aliphatic rings. The van der Waals surface area contributed by atoms with Gasteiger partial charge in [-0.1, -0.05) is 12.1 Å². The minimum absolute atomic E-state index is 0.0571. The lowest BCUT2D eigenvalue weighted by atomic mass is 10.2. The molecule has 2 amide bonds. The molecule has 0 saturated heterocycles. The number of imidazole rings is 1. The second-order valence-electron chi connectivity index (χ2n) is 8.33. The minimum Gasteiger partial charge on any atom is -0.497 e. The van der Waals surface area contributed by atoms with Crippen molar-refractivity contribution in [3.8, 4) is 5.75 Å². The van der Waals surface area contributed by atoms with Crippen molar-refractivity contribution in [2.45, 2.75) is 52.7 Å². The van der Waals surface area contributed by atoms with Gasteiger partial charge in [0.15, 0.2) is 0 Å². The van der Waals surface area contributed by atoms with Crippen molar-refractivity contribution in [2.75, 3.05) is 13.7 Å². The number of hydrogen-bond acceptors (Lipinski definition) is 4. The summed E-state index contributed by atoms with van der Waals surface area (Å²) in [6.07, 6.45) is 0.521. The topological polar surface area (TPSA) is 76.5 Å². The first-order chi connectivity index (χ1) is 15.3. The highest BCUT2D eigenvalue weighted by molar-refractivity contribution is 5.94. The SMILES string of the molecule is COc1ccc(C(=O)NCCc2nc3ccccc3n2CC(=O)N(C(C)C)C(C)C)cc1. The summed E-state index contributed by atoms with van der Waals surface area (Å²) in [5.41, 5.74) is 2.33. The molecule has 1 N–H and O–H groups in total. The second kappa shape index (κ2) is 10.3. The fraction of sp³-hybridized carbons (Fsp3) is 0.400. The number of carbonyl (C=O) groups is 2. The molecule has 0 saturated carbocycles. The van der Waals surface area contributed by atoms with Crippen molar-refractivity contribution in [3.63, 3.8) is 0 Å². The number of nitrogens with zero attached hydrogens (tertiary/aromatic N) is 3. The summed E-state index contributed by atoms with van der Waals surface area (Å²) in [7, 11) is 1.59. The Kier molecular flexibility index (Phi) is 7.51. The molecule has 1 heterocycles. The molecule has 170 valence electrons. The average molecular weight is 437 g/mol. The van der Waals surface area contributed by atoms with Crippen LogP contribution >= 0.6 is 0 Å². The average Bonchev–Trinajstić information content (AvgIpc) is 3.10. The Morgan fingerprint density at radius 3 is 2.31 bits per heavy atom. The molecule has 0 bridgehead atoms. The standard InChI is InChI=1S/C25H32N4O3/c1-17(2)29(18(3)4)24(30)16-28-22-9-7-6-8-21(22)27-23(28)14-15-26-25(31)19-10-12-20(32-5)13-11-19/h6-13,17-18H,14-16H2,1-5H3,(H,26,31). The van der Waals surface area contributed by atoms with Gasteiger partial charge < -0.3 is 19.5 Å². The summed E-state index contributed by atoms with van der Waals surface area (Å²) in [5, 5.41) is 2.94. The van der Waals surface area contributed by atoms with Crippen molar-refractivity contribution in [1.29, 1.82) is 0 Å². The first-order valence-corrected chi connectivity index (χ1v) is 11.0. The maximum atomic E-state index is 13.1. The summed E-state index contributed by atoms with van der Waals surface area (Å²) in [5.74, 6) is 1.39. The molecule has 3 aromatic rings. The summed E-state index contributed by atoms with van der Waals surface area (Å²) >= 11 is 0. The molecule has 7 nitrogen and oxygen atoms in total. The summed E-state index contributed by atoms with van der Waals surface area (Å²) in [6, 6.07) is 15.0. The number of methoxy groups -OCH3 is 1. The van der Waals surface area contributed by atoms with E-state index >= 15 is 0 Å². The van der Waals surface area contributed by atoms with Crippen LogP contribution < -0.4 is 10.1 Å². The van der Waals surface area contributed by atoms with Gasteiger partial charge in [0.05, 0.1) is 18.1 Å². The highest BCUT2D eigenvalue weighted by atomic mass is 16.5. The summed E-state index contributed by atoms with van der Waals surface area (Å²) in [4.78, 5) is 32.2. The number of amides is 2. The van der Waals surface area contributed by atoms with E-state index in [4.69, 9.17) is 9.72 Å². The van der Waals surface area contributed by atoms with E-state index in [9.17, 15) is 9.59 Å². The van der Waals surface area contributed by atoms with Crippen molar-refractivity contribution in [3.05, 3.63) is 59.9 Å². The predicted molar refractivity (Wildman–Crippen MR) is 126 cm³/mol. The van der Waals surface area contributed by atoms with Crippen LogP contribution in [0.3, 0.4) is 0 Å². The maximum Gasteiger partial charge on any atom is 0.251 e. The molecule has 32 heavy (non-hydrogen) atoms. The van der Waals surface area contributed by atoms with Gasteiger partial charge in [0, 0.05) is 30.6 Å². The van der Waals surface area contributed by atoms with Crippen molar-refractivity contribution < 1.29 is 14.3 Å². The molecule has 0 unspecified atom stereocenters. The largest absolute Gasteiger partial charge is 0.497 e. The zero-order chi connectivity index (χ0) is 23.3. The van der Waals surface area contributed by atoms with E-state index in [-0.39, 0.29) is 30.4 Å². The monoisotopic (exact) mass is 436 g/mol.